The fraction of sp³-hybridized carbons (Fsp3) is 0.0769. The van der Waals surface area contributed by atoms with Crippen molar-refractivity contribution in [2.45, 2.75) is 5.92 Å². The van der Waals surface area contributed by atoms with E-state index in [1.807, 2.05) is 42.5 Å². The summed E-state index contributed by atoms with van der Waals surface area (Å²) < 4.78 is 1.48. The van der Waals surface area contributed by atoms with E-state index in [-0.39, 0.29) is 18.4 Å². The molecule has 0 aliphatic carbocycles. The van der Waals surface area contributed by atoms with Gasteiger partial charge in [-0.05, 0) is 58.5 Å². The van der Waals surface area contributed by atoms with E-state index in [9.17, 15) is 9.59 Å². The predicted octanol–water partition coefficient (Wildman–Crippen LogP) is 3.74. The summed E-state index contributed by atoms with van der Waals surface area (Å²) in [6, 6.07) is 19.9. The third-order valence-corrected chi connectivity index (χ3v) is 5.92. The number of amides is 2. The minimum absolute atomic E-state index is 0.0979. The molecule has 0 aliphatic rings. The molecule has 0 spiro atoms. The van der Waals surface area contributed by atoms with Gasteiger partial charge in [-0.2, -0.15) is 4.68 Å². The molecular weight excluding hydrogens is 492 g/mol. The van der Waals surface area contributed by atoms with E-state index in [0.29, 0.717) is 22.0 Å². The topological polar surface area (TPSA) is 130 Å². The van der Waals surface area contributed by atoms with E-state index < -0.39 is 5.92 Å². The number of aromatic amines is 1. The van der Waals surface area contributed by atoms with Crippen molar-refractivity contribution in [3.8, 4) is 5.69 Å². The van der Waals surface area contributed by atoms with Gasteiger partial charge in [0.2, 0.25) is 11.8 Å². The molecule has 0 unspecified atom stereocenters. The van der Waals surface area contributed by atoms with Crippen molar-refractivity contribution in [2.24, 2.45) is 0 Å². The van der Waals surface area contributed by atoms with Gasteiger partial charge >= 0.3 is 0 Å². The van der Waals surface area contributed by atoms with Gasteiger partial charge in [0, 0.05) is 28.9 Å². The number of hydrogen-bond donors (Lipinski definition) is 3. The SMILES string of the molecule is O=C(/C=C/c1cc(Cl)ccc1-n1cnnn1)NC[C@H](C(=O)Nc1ccc2nc[nH]c2c1)c1ccccc1. The van der Waals surface area contributed by atoms with Gasteiger partial charge in [0.15, 0.2) is 0 Å². The van der Waals surface area contributed by atoms with Gasteiger partial charge in [-0.3, -0.25) is 9.59 Å². The minimum Gasteiger partial charge on any atom is -0.351 e. The van der Waals surface area contributed by atoms with E-state index in [0.717, 1.165) is 16.6 Å². The number of rotatable bonds is 8. The molecule has 184 valence electrons. The molecule has 0 fully saturated rings. The number of hydrogen-bond acceptors (Lipinski definition) is 6. The third-order valence-electron chi connectivity index (χ3n) is 5.69. The average Bonchev–Trinajstić information content (AvgIpc) is 3.60. The van der Waals surface area contributed by atoms with Gasteiger partial charge in [-0.15, -0.1) is 5.10 Å². The molecular formula is C26H21ClN8O2. The number of carbonyl (C=O) groups excluding carboxylic acids is 2. The molecule has 37 heavy (non-hydrogen) atoms. The van der Waals surface area contributed by atoms with Crippen LogP contribution in [0, 0.1) is 0 Å². The number of imidazole rings is 1. The molecule has 1 atom stereocenters. The molecule has 2 heterocycles. The van der Waals surface area contributed by atoms with Crippen molar-refractivity contribution in [3.05, 3.63) is 102 Å². The number of carbonyl (C=O) groups is 2. The fourth-order valence-electron chi connectivity index (χ4n) is 3.86. The maximum Gasteiger partial charge on any atom is 0.244 e. The number of halogens is 1. The molecule has 3 aromatic carbocycles. The van der Waals surface area contributed by atoms with Crippen LogP contribution in [0.2, 0.25) is 5.02 Å². The van der Waals surface area contributed by atoms with Crippen molar-refractivity contribution in [3.63, 3.8) is 0 Å². The Morgan fingerprint density at radius 2 is 1.95 bits per heavy atom. The molecule has 0 bridgehead atoms. The molecule has 0 aliphatic heterocycles. The quantitative estimate of drug-likeness (QED) is 0.271. The van der Waals surface area contributed by atoms with Crippen molar-refractivity contribution in [2.75, 3.05) is 11.9 Å². The summed E-state index contributed by atoms with van der Waals surface area (Å²) in [5.74, 6) is -1.22. The largest absolute Gasteiger partial charge is 0.351 e. The van der Waals surface area contributed by atoms with Gasteiger partial charge < -0.3 is 15.6 Å². The number of benzene rings is 3. The van der Waals surface area contributed by atoms with E-state index in [1.54, 1.807) is 36.7 Å². The van der Waals surface area contributed by atoms with Crippen molar-refractivity contribution in [1.82, 2.24) is 35.5 Å². The van der Waals surface area contributed by atoms with Crippen LogP contribution in [-0.4, -0.2) is 48.5 Å². The fourth-order valence-corrected chi connectivity index (χ4v) is 4.04. The molecule has 10 nitrogen and oxygen atoms in total. The van der Waals surface area contributed by atoms with Crippen LogP contribution in [0.3, 0.4) is 0 Å². The predicted molar refractivity (Wildman–Crippen MR) is 140 cm³/mol. The maximum atomic E-state index is 13.3. The van der Waals surface area contributed by atoms with Crippen LogP contribution < -0.4 is 10.6 Å². The Labute approximate surface area is 216 Å². The molecule has 5 rings (SSSR count). The van der Waals surface area contributed by atoms with Gasteiger partial charge in [-0.25, -0.2) is 4.98 Å². The Morgan fingerprint density at radius 1 is 1.08 bits per heavy atom. The second-order valence-corrected chi connectivity index (χ2v) is 8.56. The molecule has 11 heteroatoms. The van der Waals surface area contributed by atoms with E-state index in [4.69, 9.17) is 11.6 Å². The van der Waals surface area contributed by atoms with E-state index >= 15 is 0 Å². The Bertz CT molecular complexity index is 1560. The molecule has 3 N–H and O–H groups in total. The lowest BCUT2D eigenvalue weighted by atomic mass is 9.98. The number of anilines is 1. The highest BCUT2D eigenvalue weighted by molar-refractivity contribution is 6.30. The molecule has 0 radical (unpaired) electrons. The van der Waals surface area contributed by atoms with Gasteiger partial charge in [-0.1, -0.05) is 41.9 Å². The van der Waals surface area contributed by atoms with Crippen LogP contribution in [0.25, 0.3) is 22.8 Å². The lowest BCUT2D eigenvalue weighted by Crippen LogP contribution is -2.33. The standard InChI is InChI=1S/C26H21ClN8O2/c27-19-7-10-24(35-16-31-33-34-35)18(12-19)6-11-25(36)28-14-21(17-4-2-1-3-5-17)26(37)32-20-8-9-22-23(13-20)30-15-29-22/h1-13,15-16,21H,14H2,(H,28,36)(H,29,30)(H,32,37)/b11-6+/t21-/m0/s1. The first-order valence-corrected chi connectivity index (χ1v) is 11.7. The number of fused-ring (bicyclic) bond motifs is 1. The number of H-pyrrole nitrogens is 1. The lowest BCUT2D eigenvalue weighted by molar-refractivity contribution is -0.118. The summed E-state index contributed by atoms with van der Waals surface area (Å²) in [5.41, 5.74) is 4.34. The highest BCUT2D eigenvalue weighted by Gasteiger charge is 2.21. The van der Waals surface area contributed by atoms with Gasteiger partial charge in [0.25, 0.3) is 0 Å². The Morgan fingerprint density at radius 3 is 2.76 bits per heavy atom. The second kappa shape index (κ2) is 10.8. The maximum absolute atomic E-state index is 13.3. The Balaban J connectivity index is 1.30. The summed E-state index contributed by atoms with van der Waals surface area (Å²) >= 11 is 6.15. The van der Waals surface area contributed by atoms with Crippen LogP contribution in [0.5, 0.6) is 0 Å². The van der Waals surface area contributed by atoms with Crippen LogP contribution in [0.4, 0.5) is 5.69 Å². The third kappa shape index (κ3) is 5.71. The summed E-state index contributed by atoms with van der Waals surface area (Å²) in [6.07, 6.45) is 6.05. The van der Waals surface area contributed by atoms with Crippen molar-refractivity contribution in [1.29, 1.82) is 0 Å². The average molecular weight is 513 g/mol. The zero-order chi connectivity index (χ0) is 25.6. The van der Waals surface area contributed by atoms with E-state index in [2.05, 4.69) is 36.1 Å². The summed E-state index contributed by atoms with van der Waals surface area (Å²) in [5, 5.41) is 17.5. The van der Waals surface area contributed by atoms with Crippen molar-refractivity contribution >= 4 is 46.2 Å². The first kappa shape index (κ1) is 23.9. The highest BCUT2D eigenvalue weighted by atomic mass is 35.5. The molecule has 0 saturated carbocycles. The van der Waals surface area contributed by atoms with E-state index in [1.165, 1.54) is 17.1 Å². The van der Waals surface area contributed by atoms with Crippen LogP contribution in [-0.2, 0) is 9.59 Å². The first-order chi connectivity index (χ1) is 18.1. The summed E-state index contributed by atoms with van der Waals surface area (Å²) in [4.78, 5) is 33.2. The van der Waals surface area contributed by atoms with Crippen molar-refractivity contribution < 1.29 is 9.59 Å². The smallest absolute Gasteiger partial charge is 0.244 e. The molecule has 2 amide bonds. The molecule has 5 aromatic rings. The molecule has 0 saturated heterocycles. The van der Waals surface area contributed by atoms with Gasteiger partial charge in [0.05, 0.1) is 29.0 Å². The zero-order valence-electron chi connectivity index (χ0n) is 19.4. The van der Waals surface area contributed by atoms with Crippen LogP contribution in [0.15, 0.2) is 85.5 Å². The normalized spacial score (nSPS) is 12.0. The number of nitrogens with one attached hydrogen (secondary N) is 3. The highest BCUT2D eigenvalue weighted by Crippen LogP contribution is 2.22. The molecule has 2 aromatic heterocycles. The number of nitrogens with zero attached hydrogens (tertiary/aromatic N) is 5. The Kier molecular flexibility index (Phi) is 7.00. The Hall–Kier alpha value is -4.83. The number of aromatic nitrogens is 6. The monoisotopic (exact) mass is 512 g/mol. The van der Waals surface area contributed by atoms with Crippen LogP contribution in [0.1, 0.15) is 17.0 Å². The minimum atomic E-state index is -0.612. The summed E-state index contributed by atoms with van der Waals surface area (Å²) in [7, 11) is 0. The second-order valence-electron chi connectivity index (χ2n) is 8.12. The van der Waals surface area contributed by atoms with Gasteiger partial charge in [0.1, 0.15) is 6.33 Å². The number of tetrazole rings is 1. The van der Waals surface area contributed by atoms with Crippen LogP contribution >= 0.6 is 11.6 Å². The zero-order valence-corrected chi connectivity index (χ0v) is 20.1. The summed E-state index contributed by atoms with van der Waals surface area (Å²) in [6.45, 7) is 0.0979. The first-order valence-electron chi connectivity index (χ1n) is 11.3. The lowest BCUT2D eigenvalue weighted by Gasteiger charge is -2.18.